The van der Waals surface area contributed by atoms with Crippen molar-refractivity contribution in [2.75, 3.05) is 42.8 Å². The molecule has 206 valence electrons. The number of anilines is 4. The Morgan fingerprint density at radius 3 is 2.35 bits per heavy atom. The van der Waals surface area contributed by atoms with Crippen molar-refractivity contribution in [3.8, 4) is 11.1 Å². The number of aliphatic hydroxyl groups excluding tert-OH is 2. The van der Waals surface area contributed by atoms with Crippen LogP contribution in [-0.4, -0.2) is 59.2 Å². The molecule has 0 aliphatic rings. The highest BCUT2D eigenvalue weighted by Crippen LogP contribution is 2.30. The third-order valence-electron chi connectivity index (χ3n) is 6.13. The van der Waals surface area contributed by atoms with Gasteiger partial charge in [-0.05, 0) is 54.1 Å². The van der Waals surface area contributed by atoms with Gasteiger partial charge in [0.25, 0.3) is 17.4 Å². The van der Waals surface area contributed by atoms with Crippen LogP contribution in [0.15, 0.2) is 77.9 Å². The minimum absolute atomic E-state index is 0.131. The number of carbonyl (C=O) groups is 2. The molecule has 40 heavy (non-hydrogen) atoms. The number of carbonyl (C=O) groups excluding carboxylic acids is 2. The summed E-state index contributed by atoms with van der Waals surface area (Å²) in [5.74, 6) is -0.354. The highest BCUT2D eigenvalue weighted by molar-refractivity contribution is 6.05. The van der Waals surface area contributed by atoms with E-state index in [9.17, 15) is 19.5 Å². The molecule has 6 N–H and O–H groups in total. The fourth-order valence-corrected chi connectivity index (χ4v) is 3.99. The number of pyridine rings is 2. The molecule has 0 saturated carbocycles. The van der Waals surface area contributed by atoms with Crippen molar-refractivity contribution in [3.05, 3.63) is 100 Å². The van der Waals surface area contributed by atoms with Crippen LogP contribution in [0, 0.1) is 0 Å². The molecule has 0 bridgehead atoms. The lowest BCUT2D eigenvalue weighted by Crippen LogP contribution is -2.26. The molecule has 4 rings (SSSR count). The Morgan fingerprint density at radius 1 is 0.950 bits per heavy atom. The standard InChI is InChI=1S/C29H30N6O5/c1-35(2)21-9-6-18(7-10-21)28(39)34-24-5-3-4-22(23(24)17-37)20-14-25(29(40)32-16-20)33-26-11-8-19(15-31-26)27(38)30-12-13-36/h3-11,14-16,36-37H,12-13,17H2,1-2H3,(H,30,38)(H,31,33)(H,32,40)(H,34,39). The van der Waals surface area contributed by atoms with Gasteiger partial charge in [0.2, 0.25) is 0 Å². The molecule has 0 aliphatic carbocycles. The average molecular weight is 543 g/mol. The molecule has 0 unspecified atom stereocenters. The third-order valence-corrected chi connectivity index (χ3v) is 6.13. The molecule has 0 spiro atoms. The summed E-state index contributed by atoms with van der Waals surface area (Å²) >= 11 is 0. The van der Waals surface area contributed by atoms with Gasteiger partial charge < -0.3 is 36.0 Å². The summed E-state index contributed by atoms with van der Waals surface area (Å²) in [6.07, 6.45) is 2.88. The maximum absolute atomic E-state index is 12.9. The number of nitrogens with zero attached hydrogens (tertiary/aromatic N) is 2. The molecular formula is C29H30N6O5. The van der Waals surface area contributed by atoms with Gasteiger partial charge in [-0.2, -0.15) is 0 Å². The molecule has 0 atom stereocenters. The van der Waals surface area contributed by atoms with E-state index >= 15 is 0 Å². The maximum atomic E-state index is 12.9. The molecule has 2 heterocycles. The summed E-state index contributed by atoms with van der Waals surface area (Å²) in [6, 6.07) is 17.1. The first-order valence-electron chi connectivity index (χ1n) is 12.5. The smallest absolute Gasteiger partial charge is 0.271 e. The second-order valence-electron chi connectivity index (χ2n) is 9.05. The van der Waals surface area contributed by atoms with E-state index in [0.717, 1.165) is 5.69 Å². The fraction of sp³-hybridized carbons (Fsp3) is 0.172. The molecule has 2 amide bonds. The largest absolute Gasteiger partial charge is 0.395 e. The fourth-order valence-electron chi connectivity index (χ4n) is 3.99. The lowest BCUT2D eigenvalue weighted by atomic mass is 9.99. The van der Waals surface area contributed by atoms with E-state index in [1.54, 1.807) is 48.5 Å². The van der Waals surface area contributed by atoms with Crippen LogP contribution in [0.4, 0.5) is 22.9 Å². The van der Waals surface area contributed by atoms with Crippen molar-refractivity contribution >= 4 is 34.7 Å². The molecule has 2 aromatic carbocycles. The second kappa shape index (κ2) is 12.7. The molecule has 11 nitrogen and oxygen atoms in total. The van der Waals surface area contributed by atoms with Crippen LogP contribution in [0.1, 0.15) is 26.3 Å². The molecule has 0 aliphatic heterocycles. The van der Waals surface area contributed by atoms with Gasteiger partial charge in [-0.25, -0.2) is 4.98 Å². The van der Waals surface area contributed by atoms with Gasteiger partial charge in [-0.3, -0.25) is 14.4 Å². The van der Waals surface area contributed by atoms with Crippen molar-refractivity contribution in [2.24, 2.45) is 0 Å². The first kappa shape index (κ1) is 28.0. The van der Waals surface area contributed by atoms with E-state index in [0.29, 0.717) is 39.3 Å². The topological polar surface area (TPSA) is 160 Å². The monoisotopic (exact) mass is 542 g/mol. The quantitative estimate of drug-likeness (QED) is 0.178. The molecule has 4 aromatic rings. The van der Waals surface area contributed by atoms with Gasteiger partial charge in [-0.15, -0.1) is 0 Å². The Morgan fingerprint density at radius 2 is 1.70 bits per heavy atom. The Labute approximate surface area is 230 Å². The number of aliphatic hydroxyl groups is 2. The van der Waals surface area contributed by atoms with Crippen LogP contribution < -0.4 is 26.4 Å². The number of H-pyrrole nitrogens is 1. The normalized spacial score (nSPS) is 10.6. The molecule has 0 fully saturated rings. The van der Waals surface area contributed by atoms with Gasteiger partial charge in [0.1, 0.15) is 11.5 Å². The summed E-state index contributed by atoms with van der Waals surface area (Å²) in [5.41, 5.74) is 3.68. The van der Waals surface area contributed by atoms with Crippen LogP contribution >= 0.6 is 0 Å². The van der Waals surface area contributed by atoms with Crippen LogP contribution in [0.5, 0.6) is 0 Å². The number of nitrogens with one attached hydrogen (secondary N) is 4. The lowest BCUT2D eigenvalue weighted by molar-refractivity contribution is 0.0943. The van der Waals surface area contributed by atoms with Crippen molar-refractivity contribution in [1.29, 1.82) is 0 Å². The molecule has 0 saturated heterocycles. The molecule has 0 radical (unpaired) electrons. The van der Waals surface area contributed by atoms with Gasteiger partial charge in [0.05, 0.1) is 18.8 Å². The van der Waals surface area contributed by atoms with Gasteiger partial charge in [-0.1, -0.05) is 12.1 Å². The zero-order valence-corrected chi connectivity index (χ0v) is 22.1. The predicted molar refractivity (Wildman–Crippen MR) is 154 cm³/mol. The number of aromatic nitrogens is 2. The van der Waals surface area contributed by atoms with Crippen LogP contribution in [-0.2, 0) is 6.61 Å². The Kier molecular flexibility index (Phi) is 8.89. The van der Waals surface area contributed by atoms with Crippen molar-refractivity contribution in [2.45, 2.75) is 6.61 Å². The minimum Gasteiger partial charge on any atom is -0.395 e. The Bertz CT molecular complexity index is 1550. The van der Waals surface area contributed by atoms with Gasteiger partial charge >= 0.3 is 0 Å². The third kappa shape index (κ3) is 6.52. The number of rotatable bonds is 10. The predicted octanol–water partition coefficient (Wildman–Crippen LogP) is 2.71. The maximum Gasteiger partial charge on any atom is 0.271 e. The van der Waals surface area contributed by atoms with Crippen LogP contribution in [0.3, 0.4) is 0 Å². The van der Waals surface area contributed by atoms with E-state index in [2.05, 4.69) is 25.9 Å². The highest BCUT2D eigenvalue weighted by atomic mass is 16.3. The number of benzene rings is 2. The Hall–Kier alpha value is -5.00. The van der Waals surface area contributed by atoms with Crippen LogP contribution in [0.2, 0.25) is 0 Å². The minimum atomic E-state index is -0.397. The lowest BCUT2D eigenvalue weighted by Gasteiger charge is -2.16. The van der Waals surface area contributed by atoms with Crippen LogP contribution in [0.25, 0.3) is 11.1 Å². The summed E-state index contributed by atoms with van der Waals surface area (Å²) in [7, 11) is 3.83. The van der Waals surface area contributed by atoms with Crippen molar-refractivity contribution < 1.29 is 19.8 Å². The Balaban J connectivity index is 1.57. The average Bonchev–Trinajstić information content (AvgIpc) is 2.97. The number of hydrogen-bond acceptors (Lipinski definition) is 8. The van der Waals surface area contributed by atoms with E-state index in [4.69, 9.17) is 5.11 Å². The summed E-state index contributed by atoms with van der Waals surface area (Å²) in [5, 5.41) is 27.4. The van der Waals surface area contributed by atoms with E-state index < -0.39 is 5.56 Å². The molecule has 11 heteroatoms. The summed E-state index contributed by atoms with van der Waals surface area (Å²) in [4.78, 5) is 46.3. The highest BCUT2D eigenvalue weighted by Gasteiger charge is 2.15. The molecule has 2 aromatic heterocycles. The molecular weight excluding hydrogens is 512 g/mol. The SMILES string of the molecule is CN(C)c1ccc(C(=O)Nc2cccc(-c3c[nH]c(=O)c(Nc4ccc(C(=O)NCCO)cn4)c3)c2CO)cc1. The first-order valence-corrected chi connectivity index (χ1v) is 12.5. The summed E-state index contributed by atoms with van der Waals surface area (Å²) < 4.78 is 0. The first-order chi connectivity index (χ1) is 19.3. The zero-order valence-electron chi connectivity index (χ0n) is 22.1. The van der Waals surface area contributed by atoms with E-state index in [-0.39, 0.29) is 37.3 Å². The zero-order chi connectivity index (χ0) is 28.6. The number of aromatic amines is 1. The summed E-state index contributed by atoms with van der Waals surface area (Å²) in [6.45, 7) is -0.393. The van der Waals surface area contributed by atoms with Gasteiger partial charge in [0.15, 0.2) is 0 Å². The van der Waals surface area contributed by atoms with E-state index in [1.807, 2.05) is 31.1 Å². The van der Waals surface area contributed by atoms with Gasteiger partial charge in [0, 0.05) is 61.1 Å². The van der Waals surface area contributed by atoms with Crippen molar-refractivity contribution in [1.82, 2.24) is 15.3 Å². The van der Waals surface area contributed by atoms with Crippen molar-refractivity contribution in [3.63, 3.8) is 0 Å². The number of hydrogen-bond donors (Lipinski definition) is 6. The van der Waals surface area contributed by atoms with E-state index in [1.165, 1.54) is 12.4 Å². The second-order valence-corrected chi connectivity index (χ2v) is 9.05. The number of amides is 2.